The maximum absolute atomic E-state index is 10.6. The van der Waals surface area contributed by atoms with Crippen LogP contribution in [0.1, 0.15) is 19.3 Å². The average Bonchev–Trinajstić information content (AvgIpc) is 3.48. The smallest absolute Gasteiger partial charge is 0.475 e. The van der Waals surface area contributed by atoms with E-state index in [2.05, 4.69) is 19.8 Å². The van der Waals surface area contributed by atoms with Crippen molar-refractivity contribution in [1.82, 2.24) is 14.9 Å². The van der Waals surface area contributed by atoms with Gasteiger partial charge >= 0.3 is 24.3 Å². The summed E-state index contributed by atoms with van der Waals surface area (Å²) < 4.78 is 69.0. The van der Waals surface area contributed by atoms with Crippen molar-refractivity contribution in [2.24, 2.45) is 5.92 Å². The number of nitrogens with zero attached hydrogens (tertiary/aromatic N) is 4. The van der Waals surface area contributed by atoms with Crippen LogP contribution in [-0.4, -0.2) is 94.3 Å². The number of halogens is 6. The van der Waals surface area contributed by atoms with Gasteiger partial charge in [0.2, 0.25) is 5.95 Å². The van der Waals surface area contributed by atoms with Gasteiger partial charge in [-0.1, -0.05) is 0 Å². The molecular weight excluding hydrogens is 478 g/mol. The Morgan fingerprint density at radius 3 is 1.94 bits per heavy atom. The molecule has 0 aromatic carbocycles. The number of aromatic nitrogens is 2. The normalized spacial score (nSPS) is 24.5. The maximum atomic E-state index is 10.6. The second-order valence-corrected chi connectivity index (χ2v) is 7.78. The third-order valence-electron chi connectivity index (χ3n) is 5.50. The lowest BCUT2D eigenvalue weighted by atomic mass is 10.1. The van der Waals surface area contributed by atoms with E-state index in [-0.39, 0.29) is 0 Å². The van der Waals surface area contributed by atoms with E-state index in [0.717, 1.165) is 31.6 Å². The summed E-state index contributed by atoms with van der Waals surface area (Å²) in [7, 11) is 0. The van der Waals surface area contributed by atoms with Gasteiger partial charge in [-0.3, -0.25) is 4.90 Å². The predicted octanol–water partition coefficient (Wildman–Crippen LogP) is 2.43. The van der Waals surface area contributed by atoms with Gasteiger partial charge in [-0.05, 0) is 31.2 Å². The number of fused-ring (bicyclic) bond motifs is 1. The van der Waals surface area contributed by atoms with Crippen molar-refractivity contribution < 1.29 is 50.9 Å². The fourth-order valence-electron chi connectivity index (χ4n) is 4.05. The van der Waals surface area contributed by atoms with Gasteiger partial charge in [0.05, 0.1) is 6.61 Å². The molecule has 0 amide bonds. The Morgan fingerprint density at radius 2 is 1.47 bits per heavy atom. The van der Waals surface area contributed by atoms with Gasteiger partial charge in [0.15, 0.2) is 0 Å². The summed E-state index contributed by atoms with van der Waals surface area (Å²) in [5.74, 6) is -3.86. The Balaban J connectivity index is 0.000000244. The van der Waals surface area contributed by atoms with E-state index in [0.29, 0.717) is 12.1 Å². The summed E-state index contributed by atoms with van der Waals surface area (Å²) in [5.41, 5.74) is 0. The number of alkyl halides is 6. The van der Waals surface area contributed by atoms with Crippen molar-refractivity contribution in [3.63, 3.8) is 0 Å². The largest absolute Gasteiger partial charge is 0.490 e. The van der Waals surface area contributed by atoms with Crippen LogP contribution in [0.2, 0.25) is 0 Å². The number of ether oxygens (including phenoxy) is 1. The lowest BCUT2D eigenvalue weighted by molar-refractivity contribution is -0.193. The van der Waals surface area contributed by atoms with E-state index in [4.69, 9.17) is 24.5 Å². The molecule has 4 heterocycles. The van der Waals surface area contributed by atoms with E-state index in [1.54, 1.807) is 0 Å². The number of likely N-dealkylation sites (tertiary alicyclic amines) is 1. The summed E-state index contributed by atoms with van der Waals surface area (Å²) in [6.45, 7) is 5.44. The van der Waals surface area contributed by atoms with Gasteiger partial charge in [-0.25, -0.2) is 19.6 Å². The first-order valence-electron chi connectivity index (χ1n) is 10.3. The molecule has 3 saturated heterocycles. The minimum absolute atomic E-state index is 0.611. The zero-order chi connectivity index (χ0) is 25.5. The quantitative estimate of drug-likeness (QED) is 0.602. The minimum atomic E-state index is -5.08. The Hall–Kier alpha value is -2.68. The average molecular weight is 502 g/mol. The summed E-state index contributed by atoms with van der Waals surface area (Å²) in [6, 6.07) is 3.19. The zero-order valence-electron chi connectivity index (χ0n) is 17.8. The summed E-state index contributed by atoms with van der Waals surface area (Å²) in [4.78, 5) is 31.7. The van der Waals surface area contributed by atoms with Gasteiger partial charge < -0.3 is 19.8 Å². The molecule has 34 heavy (non-hydrogen) atoms. The van der Waals surface area contributed by atoms with Crippen LogP contribution in [-0.2, 0) is 14.3 Å². The molecule has 2 N–H and O–H groups in total. The molecule has 0 aliphatic carbocycles. The highest BCUT2D eigenvalue weighted by molar-refractivity contribution is 5.73. The molecule has 1 aromatic rings. The van der Waals surface area contributed by atoms with E-state index >= 15 is 0 Å². The topological polar surface area (TPSA) is 116 Å². The van der Waals surface area contributed by atoms with E-state index < -0.39 is 24.3 Å². The standard InChI is InChI=1S/C15H22N4O.2C2HF3O2/c1-5-16-15(17-6-1)19-8-3-13-14(19)2-7-18(13)10-12-4-9-20-11-12;2*3-2(4,5)1(6)7/h1,5-6,12-14H,2-4,7-11H2;2*(H,6,7)/t12?,13-,14+;;/m1../s1. The van der Waals surface area contributed by atoms with Crippen LogP contribution in [0, 0.1) is 5.92 Å². The fraction of sp³-hybridized carbons (Fsp3) is 0.684. The van der Waals surface area contributed by atoms with Gasteiger partial charge in [0.25, 0.3) is 0 Å². The van der Waals surface area contributed by atoms with Crippen molar-refractivity contribution in [1.29, 1.82) is 0 Å². The molecule has 0 spiro atoms. The molecule has 1 unspecified atom stereocenters. The van der Waals surface area contributed by atoms with Crippen LogP contribution >= 0.6 is 0 Å². The molecule has 0 bridgehead atoms. The lowest BCUT2D eigenvalue weighted by Crippen LogP contribution is -2.39. The highest BCUT2D eigenvalue weighted by Gasteiger charge is 2.44. The van der Waals surface area contributed by atoms with Crippen molar-refractivity contribution >= 4 is 17.9 Å². The molecule has 0 radical (unpaired) electrons. The number of carboxylic acid groups (broad SMARTS) is 2. The Kier molecular flexibility index (Phi) is 9.44. The molecule has 1 aromatic heterocycles. The molecule has 3 aliphatic rings. The number of aliphatic carboxylic acids is 2. The first-order valence-corrected chi connectivity index (χ1v) is 10.3. The second kappa shape index (κ2) is 11.6. The number of carbonyl (C=O) groups is 2. The van der Waals surface area contributed by atoms with Crippen LogP contribution in [0.15, 0.2) is 18.5 Å². The molecule has 3 aliphatic heterocycles. The monoisotopic (exact) mass is 502 g/mol. The third kappa shape index (κ3) is 7.97. The molecule has 15 heteroatoms. The van der Waals surface area contributed by atoms with Crippen LogP contribution in [0.5, 0.6) is 0 Å². The van der Waals surface area contributed by atoms with Crippen LogP contribution < -0.4 is 4.90 Å². The zero-order valence-corrected chi connectivity index (χ0v) is 17.8. The van der Waals surface area contributed by atoms with Crippen molar-refractivity contribution in [3.8, 4) is 0 Å². The number of hydrogen-bond acceptors (Lipinski definition) is 7. The SMILES string of the molecule is O=C(O)C(F)(F)F.O=C(O)C(F)(F)F.c1cnc(N2CC[C@@H]3[C@@H]2CCN3CC2CCOC2)nc1. The maximum Gasteiger partial charge on any atom is 0.490 e. The highest BCUT2D eigenvalue weighted by atomic mass is 19.4. The second-order valence-electron chi connectivity index (χ2n) is 7.78. The predicted molar refractivity (Wildman–Crippen MR) is 104 cm³/mol. The van der Waals surface area contributed by atoms with E-state index in [9.17, 15) is 26.3 Å². The molecule has 192 valence electrons. The van der Waals surface area contributed by atoms with Gasteiger partial charge in [-0.2, -0.15) is 26.3 Å². The first kappa shape index (κ1) is 27.6. The summed E-state index contributed by atoms with van der Waals surface area (Å²) in [6.07, 6.45) is -2.75. The molecular formula is C19H24F6N4O5. The number of rotatable bonds is 3. The summed E-state index contributed by atoms with van der Waals surface area (Å²) in [5, 5.41) is 14.2. The number of hydrogen-bond donors (Lipinski definition) is 2. The first-order chi connectivity index (χ1) is 15.8. The third-order valence-corrected chi connectivity index (χ3v) is 5.50. The van der Waals surface area contributed by atoms with Crippen LogP contribution in [0.3, 0.4) is 0 Å². The fourth-order valence-corrected chi connectivity index (χ4v) is 4.05. The minimum Gasteiger partial charge on any atom is -0.475 e. The Labute approximate surface area is 190 Å². The van der Waals surface area contributed by atoms with Gasteiger partial charge in [0, 0.05) is 50.7 Å². The molecule has 4 rings (SSSR count). The highest BCUT2D eigenvalue weighted by Crippen LogP contribution is 2.34. The lowest BCUT2D eigenvalue weighted by Gasteiger charge is -2.27. The Morgan fingerprint density at radius 1 is 0.941 bits per heavy atom. The van der Waals surface area contributed by atoms with Crippen molar-refractivity contribution in [2.75, 3.05) is 37.7 Å². The van der Waals surface area contributed by atoms with Crippen molar-refractivity contribution in [2.45, 2.75) is 43.7 Å². The van der Waals surface area contributed by atoms with Gasteiger partial charge in [-0.15, -0.1) is 0 Å². The van der Waals surface area contributed by atoms with E-state index in [1.807, 2.05) is 18.5 Å². The Bertz CT molecular complexity index is 781. The molecule has 3 atom stereocenters. The van der Waals surface area contributed by atoms with Crippen molar-refractivity contribution in [3.05, 3.63) is 18.5 Å². The van der Waals surface area contributed by atoms with Gasteiger partial charge in [0.1, 0.15) is 0 Å². The van der Waals surface area contributed by atoms with Crippen LogP contribution in [0.4, 0.5) is 32.3 Å². The number of anilines is 1. The molecule has 3 fully saturated rings. The van der Waals surface area contributed by atoms with E-state index in [1.165, 1.54) is 32.4 Å². The van der Waals surface area contributed by atoms with Crippen LogP contribution in [0.25, 0.3) is 0 Å². The summed E-state index contributed by atoms with van der Waals surface area (Å²) >= 11 is 0. The molecule has 9 nitrogen and oxygen atoms in total. The number of carboxylic acids is 2. The molecule has 0 saturated carbocycles.